The number of thiophene rings is 1. The molecule has 1 aliphatic heterocycles. The van der Waals surface area contributed by atoms with Crippen molar-refractivity contribution in [3.8, 4) is 6.07 Å². The van der Waals surface area contributed by atoms with Crippen LogP contribution in [-0.2, 0) is 0 Å². The number of hydrogen-bond acceptors (Lipinski definition) is 3. The molecule has 1 aromatic carbocycles. The largest absolute Gasteiger partial charge is 0.332 e. The van der Waals surface area contributed by atoms with Crippen LogP contribution in [0.25, 0.3) is 0 Å². The van der Waals surface area contributed by atoms with E-state index in [1.54, 1.807) is 35.6 Å². The van der Waals surface area contributed by atoms with Crippen molar-refractivity contribution in [2.24, 2.45) is 0 Å². The molecular weight excluding hydrogens is 268 g/mol. The summed E-state index contributed by atoms with van der Waals surface area (Å²) in [5.41, 5.74) is 2.35. The average molecular weight is 282 g/mol. The third kappa shape index (κ3) is 2.33. The van der Waals surface area contributed by atoms with Gasteiger partial charge in [0.15, 0.2) is 0 Å². The minimum absolute atomic E-state index is 0.0239. The molecule has 2 aromatic rings. The van der Waals surface area contributed by atoms with Gasteiger partial charge in [-0.3, -0.25) is 4.79 Å². The minimum atomic E-state index is 0.0239. The van der Waals surface area contributed by atoms with Gasteiger partial charge in [0.1, 0.15) is 0 Å². The first-order valence-electron chi connectivity index (χ1n) is 6.63. The maximum atomic E-state index is 12.6. The Balaban J connectivity index is 1.88. The van der Waals surface area contributed by atoms with Crippen LogP contribution in [0.15, 0.2) is 41.1 Å². The van der Waals surface area contributed by atoms with Gasteiger partial charge in [0.25, 0.3) is 5.91 Å². The molecule has 0 unspecified atom stereocenters. The number of carbonyl (C=O) groups is 1. The fraction of sp³-hybridized carbons (Fsp3) is 0.250. The van der Waals surface area contributed by atoms with E-state index in [0.717, 1.165) is 19.4 Å². The van der Waals surface area contributed by atoms with E-state index in [4.69, 9.17) is 5.26 Å². The van der Waals surface area contributed by atoms with E-state index in [1.807, 2.05) is 10.3 Å². The van der Waals surface area contributed by atoms with Crippen LogP contribution in [0.3, 0.4) is 0 Å². The summed E-state index contributed by atoms with van der Waals surface area (Å²) in [6.45, 7) is 0.788. The Labute approximate surface area is 122 Å². The van der Waals surface area contributed by atoms with Crippen molar-refractivity contribution in [2.45, 2.75) is 18.9 Å². The molecule has 1 atom stereocenters. The molecule has 4 heteroatoms. The highest BCUT2D eigenvalue weighted by atomic mass is 32.1. The molecule has 0 saturated carbocycles. The fourth-order valence-electron chi connectivity index (χ4n) is 2.71. The summed E-state index contributed by atoms with van der Waals surface area (Å²) in [6, 6.07) is 11.3. The van der Waals surface area contributed by atoms with Crippen molar-refractivity contribution in [3.05, 3.63) is 57.8 Å². The monoisotopic (exact) mass is 282 g/mol. The van der Waals surface area contributed by atoms with Crippen molar-refractivity contribution < 1.29 is 4.79 Å². The molecule has 0 spiro atoms. The highest BCUT2D eigenvalue weighted by molar-refractivity contribution is 7.07. The van der Waals surface area contributed by atoms with Crippen LogP contribution in [0.1, 0.15) is 40.4 Å². The molecule has 100 valence electrons. The Hall–Kier alpha value is -2.12. The molecule has 0 radical (unpaired) electrons. The van der Waals surface area contributed by atoms with Gasteiger partial charge in [-0.15, -0.1) is 0 Å². The van der Waals surface area contributed by atoms with E-state index >= 15 is 0 Å². The van der Waals surface area contributed by atoms with Crippen LogP contribution in [0.5, 0.6) is 0 Å². The molecule has 1 fully saturated rings. The second-order valence-electron chi connectivity index (χ2n) is 4.91. The van der Waals surface area contributed by atoms with E-state index in [9.17, 15) is 4.79 Å². The summed E-state index contributed by atoms with van der Waals surface area (Å²) in [4.78, 5) is 14.6. The third-order valence-corrected chi connectivity index (χ3v) is 4.38. The first kappa shape index (κ1) is 12.9. The Morgan fingerprint density at radius 1 is 1.40 bits per heavy atom. The molecule has 0 N–H and O–H groups in total. The summed E-state index contributed by atoms with van der Waals surface area (Å²) < 4.78 is 0. The zero-order chi connectivity index (χ0) is 13.9. The number of hydrogen-bond donors (Lipinski definition) is 0. The van der Waals surface area contributed by atoms with Crippen molar-refractivity contribution in [3.63, 3.8) is 0 Å². The highest BCUT2D eigenvalue weighted by Gasteiger charge is 2.30. The van der Waals surface area contributed by atoms with Gasteiger partial charge >= 0.3 is 0 Å². The molecule has 0 aliphatic carbocycles. The predicted octanol–water partition coefficient (Wildman–Crippen LogP) is 3.60. The molecule has 3 nitrogen and oxygen atoms in total. The van der Waals surface area contributed by atoms with E-state index in [0.29, 0.717) is 11.1 Å². The van der Waals surface area contributed by atoms with Gasteiger partial charge in [-0.2, -0.15) is 16.6 Å². The number of amides is 1. The molecule has 20 heavy (non-hydrogen) atoms. The lowest BCUT2D eigenvalue weighted by Gasteiger charge is -2.24. The molecule has 1 amide bonds. The van der Waals surface area contributed by atoms with Crippen LogP contribution in [-0.4, -0.2) is 17.4 Å². The lowest BCUT2D eigenvalue weighted by Crippen LogP contribution is -2.30. The van der Waals surface area contributed by atoms with E-state index in [-0.39, 0.29) is 11.9 Å². The first-order chi connectivity index (χ1) is 9.79. The van der Waals surface area contributed by atoms with Gasteiger partial charge in [-0.25, -0.2) is 0 Å². The second-order valence-corrected chi connectivity index (χ2v) is 5.69. The SMILES string of the molecule is N#Cc1cccc(C(=O)N2CCC[C@H]2c2ccsc2)c1. The number of nitrogens with zero attached hydrogens (tertiary/aromatic N) is 2. The van der Waals surface area contributed by atoms with E-state index in [2.05, 4.69) is 17.5 Å². The highest BCUT2D eigenvalue weighted by Crippen LogP contribution is 2.34. The standard InChI is InChI=1S/C16H14N2OS/c17-10-12-3-1-4-13(9-12)16(19)18-7-2-5-15(18)14-6-8-20-11-14/h1,3-4,6,8-9,11,15H,2,5,7H2/t15-/m0/s1. The van der Waals surface area contributed by atoms with Gasteiger partial charge in [0.05, 0.1) is 17.7 Å². The molecule has 2 heterocycles. The van der Waals surface area contributed by atoms with Crippen LogP contribution in [0.2, 0.25) is 0 Å². The summed E-state index contributed by atoms with van der Waals surface area (Å²) in [7, 11) is 0. The average Bonchev–Trinajstić information content (AvgIpc) is 3.16. The van der Waals surface area contributed by atoms with Gasteiger partial charge in [-0.05, 0) is 53.4 Å². The van der Waals surface area contributed by atoms with Gasteiger partial charge in [0.2, 0.25) is 0 Å². The van der Waals surface area contributed by atoms with Crippen molar-refractivity contribution in [1.29, 1.82) is 5.26 Å². The summed E-state index contributed by atoms with van der Waals surface area (Å²) >= 11 is 1.66. The number of nitriles is 1. The van der Waals surface area contributed by atoms with Crippen LogP contribution < -0.4 is 0 Å². The van der Waals surface area contributed by atoms with Crippen molar-refractivity contribution >= 4 is 17.2 Å². The third-order valence-electron chi connectivity index (χ3n) is 3.68. The van der Waals surface area contributed by atoms with E-state index in [1.165, 1.54) is 5.56 Å². The zero-order valence-electron chi connectivity index (χ0n) is 11.0. The second kappa shape index (κ2) is 5.48. The lowest BCUT2D eigenvalue weighted by atomic mass is 10.1. The quantitative estimate of drug-likeness (QED) is 0.844. The zero-order valence-corrected chi connectivity index (χ0v) is 11.8. The number of benzene rings is 1. The molecule has 1 aromatic heterocycles. The number of rotatable bonds is 2. The maximum Gasteiger partial charge on any atom is 0.254 e. The first-order valence-corrected chi connectivity index (χ1v) is 7.57. The Bertz CT molecular complexity index is 657. The fourth-order valence-corrected chi connectivity index (χ4v) is 3.42. The van der Waals surface area contributed by atoms with E-state index < -0.39 is 0 Å². The number of likely N-dealkylation sites (tertiary alicyclic amines) is 1. The molecule has 3 rings (SSSR count). The summed E-state index contributed by atoms with van der Waals surface area (Å²) in [6.07, 6.45) is 2.05. The summed E-state index contributed by atoms with van der Waals surface area (Å²) in [5.74, 6) is 0.0239. The van der Waals surface area contributed by atoms with Gasteiger partial charge < -0.3 is 4.90 Å². The Morgan fingerprint density at radius 3 is 3.05 bits per heavy atom. The molecule has 1 aliphatic rings. The normalized spacial score (nSPS) is 17.9. The summed E-state index contributed by atoms with van der Waals surface area (Å²) in [5, 5.41) is 13.1. The topological polar surface area (TPSA) is 44.1 Å². The smallest absolute Gasteiger partial charge is 0.254 e. The van der Waals surface area contributed by atoms with Gasteiger partial charge in [0, 0.05) is 12.1 Å². The van der Waals surface area contributed by atoms with Crippen LogP contribution in [0.4, 0.5) is 0 Å². The molecule has 0 bridgehead atoms. The van der Waals surface area contributed by atoms with Gasteiger partial charge in [-0.1, -0.05) is 6.07 Å². The number of carbonyl (C=O) groups excluding carboxylic acids is 1. The maximum absolute atomic E-state index is 12.6. The van der Waals surface area contributed by atoms with Crippen molar-refractivity contribution in [2.75, 3.05) is 6.54 Å². The van der Waals surface area contributed by atoms with Crippen molar-refractivity contribution in [1.82, 2.24) is 4.90 Å². The van der Waals surface area contributed by atoms with Crippen LogP contribution in [0, 0.1) is 11.3 Å². The molecular formula is C16H14N2OS. The minimum Gasteiger partial charge on any atom is -0.332 e. The predicted molar refractivity (Wildman–Crippen MR) is 78.5 cm³/mol. The Morgan fingerprint density at radius 2 is 2.30 bits per heavy atom. The lowest BCUT2D eigenvalue weighted by molar-refractivity contribution is 0.0736. The molecule has 1 saturated heterocycles. The Kier molecular flexibility index (Phi) is 3.53. The van der Waals surface area contributed by atoms with Crippen LogP contribution >= 0.6 is 11.3 Å².